The van der Waals surface area contributed by atoms with Crippen molar-refractivity contribution < 1.29 is 0 Å². The number of piperazine rings is 1. The molecule has 7 heteroatoms. The van der Waals surface area contributed by atoms with Crippen LogP contribution in [0.4, 0.5) is 5.82 Å². The SMILES string of the molecule is CN1CCN(Nc2ncncc2C(N)=S)CC1. The maximum absolute atomic E-state index is 5.63. The molecule has 2 rings (SSSR count). The van der Waals surface area contributed by atoms with Crippen molar-refractivity contribution in [1.29, 1.82) is 0 Å². The summed E-state index contributed by atoms with van der Waals surface area (Å²) in [5.74, 6) is 0.678. The molecule has 0 atom stereocenters. The fourth-order valence-electron chi connectivity index (χ4n) is 1.67. The number of nitrogens with zero attached hydrogens (tertiary/aromatic N) is 4. The summed E-state index contributed by atoms with van der Waals surface area (Å²) in [5, 5.41) is 2.12. The van der Waals surface area contributed by atoms with Crippen molar-refractivity contribution in [1.82, 2.24) is 19.9 Å². The third-order valence-corrected chi connectivity index (χ3v) is 2.96. The molecule has 0 amide bonds. The summed E-state index contributed by atoms with van der Waals surface area (Å²) in [6.07, 6.45) is 3.12. The summed E-state index contributed by atoms with van der Waals surface area (Å²) in [4.78, 5) is 10.7. The van der Waals surface area contributed by atoms with Gasteiger partial charge in [-0.15, -0.1) is 0 Å². The van der Waals surface area contributed by atoms with E-state index in [1.54, 1.807) is 6.20 Å². The second kappa shape index (κ2) is 5.35. The van der Waals surface area contributed by atoms with Gasteiger partial charge in [0.25, 0.3) is 0 Å². The van der Waals surface area contributed by atoms with Gasteiger partial charge >= 0.3 is 0 Å². The Balaban J connectivity index is 2.05. The van der Waals surface area contributed by atoms with Gasteiger partial charge in [0.1, 0.15) is 11.3 Å². The van der Waals surface area contributed by atoms with Gasteiger partial charge in [0.05, 0.1) is 5.56 Å². The Kier molecular flexibility index (Phi) is 3.82. The van der Waals surface area contributed by atoms with Crippen LogP contribution in [0.25, 0.3) is 0 Å². The minimum Gasteiger partial charge on any atom is -0.389 e. The van der Waals surface area contributed by atoms with Crippen LogP contribution in [-0.2, 0) is 0 Å². The van der Waals surface area contributed by atoms with Gasteiger partial charge < -0.3 is 16.1 Å². The molecule has 1 aliphatic rings. The van der Waals surface area contributed by atoms with E-state index in [0.717, 1.165) is 26.2 Å². The molecule has 0 bridgehead atoms. The Morgan fingerprint density at radius 3 is 2.76 bits per heavy atom. The van der Waals surface area contributed by atoms with E-state index in [9.17, 15) is 0 Å². The quantitative estimate of drug-likeness (QED) is 0.715. The molecule has 1 aliphatic heterocycles. The molecule has 3 N–H and O–H groups in total. The van der Waals surface area contributed by atoms with Crippen molar-refractivity contribution in [2.75, 3.05) is 38.7 Å². The van der Waals surface area contributed by atoms with Crippen LogP contribution in [0.15, 0.2) is 12.5 Å². The molecule has 0 aliphatic carbocycles. The van der Waals surface area contributed by atoms with Gasteiger partial charge in [0.15, 0.2) is 5.82 Å². The number of anilines is 1. The first-order valence-electron chi connectivity index (χ1n) is 5.47. The van der Waals surface area contributed by atoms with Crippen LogP contribution in [0.2, 0.25) is 0 Å². The van der Waals surface area contributed by atoms with E-state index in [4.69, 9.17) is 18.0 Å². The molecule has 1 aromatic heterocycles. The summed E-state index contributed by atoms with van der Waals surface area (Å²) in [6.45, 7) is 3.94. The Morgan fingerprint density at radius 1 is 1.41 bits per heavy atom. The molecule has 92 valence electrons. The monoisotopic (exact) mass is 252 g/mol. The molecular formula is C10H16N6S. The second-order valence-electron chi connectivity index (χ2n) is 4.05. The van der Waals surface area contributed by atoms with Crippen LogP contribution in [0, 0.1) is 0 Å². The summed E-state index contributed by atoms with van der Waals surface area (Å²) >= 11 is 4.97. The third-order valence-electron chi connectivity index (χ3n) is 2.75. The van der Waals surface area contributed by atoms with Crippen LogP contribution in [-0.4, -0.2) is 58.1 Å². The molecule has 0 saturated carbocycles. The predicted molar refractivity (Wildman–Crippen MR) is 70.6 cm³/mol. The molecule has 1 saturated heterocycles. The first-order valence-corrected chi connectivity index (χ1v) is 5.87. The minimum atomic E-state index is 0.308. The highest BCUT2D eigenvalue weighted by Crippen LogP contribution is 2.11. The lowest BCUT2D eigenvalue weighted by atomic mass is 10.3. The van der Waals surface area contributed by atoms with Gasteiger partial charge in [-0.3, -0.25) is 0 Å². The lowest BCUT2D eigenvalue weighted by molar-refractivity contribution is 0.178. The number of thiocarbonyl (C=S) groups is 1. The molecule has 17 heavy (non-hydrogen) atoms. The van der Waals surface area contributed by atoms with Crippen molar-refractivity contribution in [3.05, 3.63) is 18.1 Å². The van der Waals surface area contributed by atoms with Gasteiger partial charge in [0.2, 0.25) is 0 Å². The average molecular weight is 252 g/mol. The summed E-state index contributed by atoms with van der Waals surface area (Å²) in [7, 11) is 2.11. The lowest BCUT2D eigenvalue weighted by Crippen LogP contribution is -2.47. The highest BCUT2D eigenvalue weighted by atomic mass is 32.1. The standard InChI is InChI=1S/C10H16N6S/c1-15-2-4-16(5-3-15)14-10-8(9(11)17)6-12-7-13-10/h6-7H,2-5H2,1H3,(H2,11,17)(H,12,13,14). The van der Waals surface area contributed by atoms with Crippen LogP contribution < -0.4 is 11.2 Å². The van der Waals surface area contributed by atoms with E-state index in [1.807, 2.05) is 0 Å². The zero-order valence-corrected chi connectivity index (χ0v) is 10.6. The van der Waals surface area contributed by atoms with Crippen molar-refractivity contribution in [3.8, 4) is 0 Å². The van der Waals surface area contributed by atoms with Crippen LogP contribution >= 0.6 is 12.2 Å². The molecule has 0 aromatic carbocycles. The highest BCUT2D eigenvalue weighted by Gasteiger charge is 2.15. The number of rotatable bonds is 3. The zero-order valence-electron chi connectivity index (χ0n) is 9.76. The number of aromatic nitrogens is 2. The predicted octanol–water partition coefficient (Wildman–Crippen LogP) is -0.315. The van der Waals surface area contributed by atoms with Gasteiger partial charge in [-0.1, -0.05) is 12.2 Å². The van der Waals surface area contributed by atoms with Gasteiger partial charge in [-0.2, -0.15) is 0 Å². The first kappa shape index (κ1) is 12.2. The Bertz CT molecular complexity index is 402. The van der Waals surface area contributed by atoms with E-state index >= 15 is 0 Å². The highest BCUT2D eigenvalue weighted by molar-refractivity contribution is 7.80. The molecule has 2 heterocycles. The van der Waals surface area contributed by atoms with Crippen molar-refractivity contribution in [2.45, 2.75) is 0 Å². The maximum atomic E-state index is 5.63. The number of hydrogen-bond acceptors (Lipinski definition) is 6. The molecule has 0 spiro atoms. The normalized spacial score (nSPS) is 17.9. The molecule has 1 aromatic rings. The van der Waals surface area contributed by atoms with E-state index in [0.29, 0.717) is 16.4 Å². The summed E-state index contributed by atoms with van der Waals surface area (Å²) in [5.41, 5.74) is 9.55. The fraction of sp³-hybridized carbons (Fsp3) is 0.500. The van der Waals surface area contributed by atoms with Crippen LogP contribution in [0.5, 0.6) is 0 Å². The summed E-state index contributed by atoms with van der Waals surface area (Å²) < 4.78 is 0. The Morgan fingerprint density at radius 2 is 2.12 bits per heavy atom. The van der Waals surface area contributed by atoms with Crippen molar-refractivity contribution >= 4 is 23.0 Å². The number of nitrogens with two attached hydrogens (primary N) is 1. The van der Waals surface area contributed by atoms with Gasteiger partial charge in [0, 0.05) is 32.4 Å². The van der Waals surface area contributed by atoms with E-state index < -0.39 is 0 Å². The Labute approximate surface area is 106 Å². The first-order chi connectivity index (χ1) is 8.16. The second-order valence-corrected chi connectivity index (χ2v) is 4.49. The Hall–Kier alpha value is -1.31. The topological polar surface area (TPSA) is 70.3 Å². The van der Waals surface area contributed by atoms with Crippen LogP contribution in [0.3, 0.4) is 0 Å². The van der Waals surface area contributed by atoms with Crippen molar-refractivity contribution in [2.24, 2.45) is 5.73 Å². The minimum absolute atomic E-state index is 0.308. The summed E-state index contributed by atoms with van der Waals surface area (Å²) in [6, 6.07) is 0. The van der Waals surface area contributed by atoms with E-state index in [-0.39, 0.29) is 0 Å². The molecule has 6 nitrogen and oxygen atoms in total. The van der Waals surface area contributed by atoms with Crippen LogP contribution in [0.1, 0.15) is 5.56 Å². The smallest absolute Gasteiger partial charge is 0.154 e. The molecular weight excluding hydrogens is 236 g/mol. The number of hydrazine groups is 1. The average Bonchev–Trinajstić information content (AvgIpc) is 2.32. The third kappa shape index (κ3) is 3.09. The van der Waals surface area contributed by atoms with Gasteiger partial charge in [-0.25, -0.2) is 15.0 Å². The maximum Gasteiger partial charge on any atom is 0.154 e. The lowest BCUT2D eigenvalue weighted by Gasteiger charge is -2.32. The van der Waals surface area contributed by atoms with Gasteiger partial charge in [-0.05, 0) is 7.05 Å². The molecule has 1 fully saturated rings. The zero-order chi connectivity index (χ0) is 12.3. The van der Waals surface area contributed by atoms with E-state index in [2.05, 4.69) is 32.4 Å². The largest absolute Gasteiger partial charge is 0.389 e. The molecule has 0 radical (unpaired) electrons. The number of nitrogens with one attached hydrogen (secondary N) is 1. The fourth-order valence-corrected chi connectivity index (χ4v) is 1.82. The van der Waals surface area contributed by atoms with Crippen molar-refractivity contribution in [3.63, 3.8) is 0 Å². The van der Waals surface area contributed by atoms with E-state index in [1.165, 1.54) is 6.33 Å². The number of likely N-dealkylation sites (N-methyl/N-ethyl adjacent to an activating group) is 1. The number of hydrogen-bond donors (Lipinski definition) is 2. The molecule has 0 unspecified atom stereocenters.